The van der Waals surface area contributed by atoms with Crippen LogP contribution in [0.4, 0.5) is 11.4 Å². The summed E-state index contributed by atoms with van der Waals surface area (Å²) in [5, 5.41) is 9.80. The highest BCUT2D eigenvalue weighted by atomic mass is 16.5. The van der Waals surface area contributed by atoms with Crippen LogP contribution in [0.1, 0.15) is 60.0 Å². The predicted molar refractivity (Wildman–Crippen MR) is 139 cm³/mol. The molecule has 2 N–H and O–H groups in total. The lowest BCUT2D eigenvalue weighted by molar-refractivity contribution is -0.118. The molecule has 2 amide bonds. The fourth-order valence-electron chi connectivity index (χ4n) is 4.35. The fraction of sp³-hybridized carbons (Fsp3) is 0.393. The Morgan fingerprint density at radius 2 is 1.86 bits per heavy atom. The molecule has 36 heavy (non-hydrogen) atoms. The van der Waals surface area contributed by atoms with Crippen LogP contribution < -0.4 is 20.3 Å². The van der Waals surface area contributed by atoms with Crippen molar-refractivity contribution >= 4 is 23.2 Å². The minimum absolute atomic E-state index is 0.219. The maximum Gasteiger partial charge on any atom is 0.251 e. The van der Waals surface area contributed by atoms with Gasteiger partial charge in [-0.1, -0.05) is 24.6 Å². The Balaban J connectivity index is 1.35. The Morgan fingerprint density at radius 3 is 2.53 bits per heavy atom. The van der Waals surface area contributed by atoms with Crippen LogP contribution in [-0.2, 0) is 11.4 Å². The van der Waals surface area contributed by atoms with Crippen LogP contribution in [0.3, 0.4) is 0 Å². The van der Waals surface area contributed by atoms with Crippen molar-refractivity contribution in [2.45, 2.75) is 59.1 Å². The van der Waals surface area contributed by atoms with E-state index in [4.69, 9.17) is 9.26 Å². The molecule has 4 rings (SSSR count). The molecule has 1 fully saturated rings. The van der Waals surface area contributed by atoms with Gasteiger partial charge in [0, 0.05) is 30.0 Å². The lowest BCUT2D eigenvalue weighted by Gasteiger charge is -2.20. The maximum atomic E-state index is 13.0. The molecule has 8 heteroatoms. The van der Waals surface area contributed by atoms with Gasteiger partial charge in [0.1, 0.15) is 24.2 Å². The Hall–Kier alpha value is -3.81. The summed E-state index contributed by atoms with van der Waals surface area (Å²) in [6, 6.07) is 14.1. The molecule has 1 saturated heterocycles. The van der Waals surface area contributed by atoms with Crippen molar-refractivity contribution in [2.24, 2.45) is 0 Å². The zero-order valence-corrected chi connectivity index (χ0v) is 21.2. The summed E-state index contributed by atoms with van der Waals surface area (Å²) in [5.41, 5.74) is 4.02. The molecule has 1 atom stereocenters. The van der Waals surface area contributed by atoms with Crippen molar-refractivity contribution < 1.29 is 18.8 Å². The number of nitrogens with one attached hydrogen (secondary N) is 2. The number of benzene rings is 2. The number of amides is 2. The molecule has 1 aromatic heterocycles. The topological polar surface area (TPSA) is 96.7 Å². The summed E-state index contributed by atoms with van der Waals surface area (Å²) in [7, 11) is 0. The first-order valence-electron chi connectivity index (χ1n) is 12.6. The van der Waals surface area contributed by atoms with Crippen LogP contribution in [0, 0.1) is 13.8 Å². The third-order valence-electron chi connectivity index (χ3n) is 6.46. The van der Waals surface area contributed by atoms with E-state index in [-0.39, 0.29) is 11.8 Å². The van der Waals surface area contributed by atoms with E-state index in [0.717, 1.165) is 47.9 Å². The van der Waals surface area contributed by atoms with Gasteiger partial charge in [-0.15, -0.1) is 0 Å². The SMILES string of the molecule is CCCC(NC(=O)c1ccc(OCc2c(C)noc2C)cc1)C(=O)Nc1cccc(N2CCCC2)c1. The van der Waals surface area contributed by atoms with Crippen LogP contribution in [0.5, 0.6) is 5.75 Å². The number of carbonyl (C=O) groups is 2. The second-order valence-corrected chi connectivity index (χ2v) is 9.16. The summed E-state index contributed by atoms with van der Waals surface area (Å²) in [5.74, 6) is 0.841. The monoisotopic (exact) mass is 490 g/mol. The highest BCUT2D eigenvalue weighted by Gasteiger charge is 2.21. The lowest BCUT2D eigenvalue weighted by Crippen LogP contribution is -2.43. The van der Waals surface area contributed by atoms with Crippen molar-refractivity contribution in [1.82, 2.24) is 10.5 Å². The first kappa shape index (κ1) is 25.3. The average Bonchev–Trinajstić information content (AvgIpc) is 3.53. The molecule has 3 aromatic rings. The molecule has 0 aliphatic carbocycles. The summed E-state index contributed by atoms with van der Waals surface area (Å²) >= 11 is 0. The van der Waals surface area contributed by atoms with Crippen molar-refractivity contribution in [3.8, 4) is 5.75 Å². The van der Waals surface area contributed by atoms with E-state index in [2.05, 4.69) is 26.8 Å². The number of hydrogen-bond acceptors (Lipinski definition) is 6. The van der Waals surface area contributed by atoms with Crippen LogP contribution in [0.2, 0.25) is 0 Å². The number of aromatic nitrogens is 1. The third kappa shape index (κ3) is 6.24. The third-order valence-corrected chi connectivity index (χ3v) is 6.46. The second kappa shape index (κ2) is 11.7. The van der Waals surface area contributed by atoms with Gasteiger partial charge in [0.25, 0.3) is 5.91 Å². The van der Waals surface area contributed by atoms with Gasteiger partial charge in [-0.25, -0.2) is 0 Å². The molecule has 0 radical (unpaired) electrons. The molecule has 1 aliphatic rings. The van der Waals surface area contributed by atoms with Gasteiger partial charge in [0.2, 0.25) is 5.91 Å². The molecule has 0 bridgehead atoms. The summed E-state index contributed by atoms with van der Waals surface area (Å²) in [6.45, 7) is 8.12. The van der Waals surface area contributed by atoms with Crippen molar-refractivity contribution in [1.29, 1.82) is 0 Å². The van der Waals surface area contributed by atoms with E-state index >= 15 is 0 Å². The summed E-state index contributed by atoms with van der Waals surface area (Å²) in [4.78, 5) is 28.3. The molecule has 2 aromatic carbocycles. The fourth-order valence-corrected chi connectivity index (χ4v) is 4.35. The number of aryl methyl sites for hydroxylation is 2. The van der Waals surface area contributed by atoms with Crippen LogP contribution in [0.25, 0.3) is 0 Å². The van der Waals surface area contributed by atoms with E-state index in [1.165, 1.54) is 12.8 Å². The van der Waals surface area contributed by atoms with Gasteiger partial charge >= 0.3 is 0 Å². The minimum Gasteiger partial charge on any atom is -0.489 e. The molecule has 0 spiro atoms. The highest BCUT2D eigenvalue weighted by Crippen LogP contribution is 2.24. The van der Waals surface area contributed by atoms with Crippen LogP contribution in [-0.4, -0.2) is 36.1 Å². The first-order valence-corrected chi connectivity index (χ1v) is 12.6. The lowest BCUT2D eigenvalue weighted by atomic mass is 10.1. The molecular formula is C28H34N4O4. The molecule has 1 unspecified atom stereocenters. The standard InChI is InChI=1S/C28H34N4O4/c1-4-8-26(28(34)29-22-9-7-10-23(17-22)32-15-5-6-16-32)30-27(33)21-11-13-24(14-12-21)35-18-25-19(2)31-36-20(25)3/h7,9-14,17,26H,4-6,8,15-16,18H2,1-3H3,(H,29,34)(H,30,33). The first-order chi connectivity index (χ1) is 17.4. The average molecular weight is 491 g/mol. The highest BCUT2D eigenvalue weighted by molar-refractivity contribution is 6.01. The van der Waals surface area contributed by atoms with Crippen molar-refractivity contribution in [2.75, 3.05) is 23.3 Å². The summed E-state index contributed by atoms with van der Waals surface area (Å²) in [6.07, 6.45) is 3.69. The largest absolute Gasteiger partial charge is 0.489 e. The Kier molecular flexibility index (Phi) is 8.25. The summed E-state index contributed by atoms with van der Waals surface area (Å²) < 4.78 is 11.0. The number of hydrogen-bond donors (Lipinski definition) is 2. The maximum absolute atomic E-state index is 13.0. The van der Waals surface area contributed by atoms with Crippen LogP contribution >= 0.6 is 0 Å². The van der Waals surface area contributed by atoms with Gasteiger partial charge in [-0.2, -0.15) is 0 Å². The van der Waals surface area contributed by atoms with Gasteiger partial charge in [-0.3, -0.25) is 9.59 Å². The molecule has 2 heterocycles. The Labute approximate surface area is 212 Å². The van der Waals surface area contributed by atoms with E-state index in [9.17, 15) is 9.59 Å². The number of rotatable bonds is 10. The second-order valence-electron chi connectivity index (χ2n) is 9.16. The van der Waals surface area contributed by atoms with Gasteiger partial charge in [0.05, 0.1) is 11.3 Å². The van der Waals surface area contributed by atoms with Crippen LogP contribution in [0.15, 0.2) is 53.1 Å². The zero-order chi connectivity index (χ0) is 25.5. The van der Waals surface area contributed by atoms with E-state index < -0.39 is 6.04 Å². The smallest absolute Gasteiger partial charge is 0.251 e. The molecule has 190 valence electrons. The Bertz CT molecular complexity index is 1160. The normalized spacial score (nSPS) is 13.9. The van der Waals surface area contributed by atoms with E-state index in [1.54, 1.807) is 24.3 Å². The number of anilines is 2. The minimum atomic E-state index is -0.631. The van der Waals surface area contributed by atoms with E-state index in [1.807, 2.05) is 39.0 Å². The van der Waals surface area contributed by atoms with Gasteiger partial charge < -0.3 is 24.8 Å². The number of nitrogens with zero attached hydrogens (tertiary/aromatic N) is 2. The van der Waals surface area contributed by atoms with Crippen molar-refractivity contribution in [3.05, 3.63) is 71.1 Å². The Morgan fingerprint density at radius 1 is 1.11 bits per heavy atom. The molecule has 0 saturated carbocycles. The zero-order valence-electron chi connectivity index (χ0n) is 21.2. The predicted octanol–water partition coefficient (Wildman–Crippen LogP) is 5.01. The molecule has 8 nitrogen and oxygen atoms in total. The molecule has 1 aliphatic heterocycles. The van der Waals surface area contributed by atoms with Crippen molar-refractivity contribution in [3.63, 3.8) is 0 Å². The van der Waals surface area contributed by atoms with E-state index in [0.29, 0.717) is 24.3 Å². The van der Waals surface area contributed by atoms with Gasteiger partial charge in [0.15, 0.2) is 0 Å². The molecular weight excluding hydrogens is 456 g/mol. The number of carbonyl (C=O) groups excluding carboxylic acids is 2. The van der Waals surface area contributed by atoms with Gasteiger partial charge in [-0.05, 0) is 75.6 Å². The number of ether oxygens (including phenoxy) is 1. The quantitative estimate of drug-likeness (QED) is 0.415.